The molecule has 3 nitrogen and oxygen atoms in total. The monoisotopic (exact) mass is 273 g/mol. The number of thioether (sulfide) groups is 1. The van der Waals surface area contributed by atoms with Crippen LogP contribution in [-0.4, -0.2) is 53.5 Å². The minimum absolute atomic E-state index is 0.196. The number of ether oxygens (including phenoxy) is 1. The minimum atomic E-state index is -0.639. The standard InChI is InChI=1S/C14H27NO2S/c1-13(2)7-9-15(10-11-18-13)8-6-12(16)14(3,4)17-5/h6-11H2,1-5H3. The maximum atomic E-state index is 12.0. The van der Waals surface area contributed by atoms with Crippen LogP contribution in [0.15, 0.2) is 0 Å². The van der Waals surface area contributed by atoms with Gasteiger partial charge in [-0.15, -0.1) is 0 Å². The molecule has 1 saturated heterocycles. The Kier molecular flexibility index (Phi) is 5.68. The number of methoxy groups -OCH3 is 1. The van der Waals surface area contributed by atoms with Gasteiger partial charge in [-0.05, 0) is 26.8 Å². The lowest BCUT2D eigenvalue weighted by Crippen LogP contribution is -2.37. The van der Waals surface area contributed by atoms with E-state index in [-0.39, 0.29) is 5.78 Å². The van der Waals surface area contributed by atoms with Crippen molar-refractivity contribution in [3.8, 4) is 0 Å². The van der Waals surface area contributed by atoms with Crippen molar-refractivity contribution >= 4 is 17.5 Å². The van der Waals surface area contributed by atoms with E-state index in [0.29, 0.717) is 11.2 Å². The Bertz CT molecular complexity index is 290. The van der Waals surface area contributed by atoms with E-state index in [9.17, 15) is 4.79 Å². The molecule has 1 fully saturated rings. The molecular weight excluding hydrogens is 246 g/mol. The van der Waals surface area contributed by atoms with E-state index in [0.717, 1.165) is 25.4 Å². The Balaban J connectivity index is 2.38. The van der Waals surface area contributed by atoms with Crippen molar-refractivity contribution in [2.45, 2.75) is 50.9 Å². The highest BCUT2D eigenvalue weighted by Gasteiger charge is 2.28. The van der Waals surface area contributed by atoms with Gasteiger partial charge in [-0.3, -0.25) is 4.79 Å². The maximum Gasteiger partial charge on any atom is 0.165 e. The molecular formula is C14H27NO2S. The van der Waals surface area contributed by atoms with E-state index in [1.54, 1.807) is 7.11 Å². The van der Waals surface area contributed by atoms with Crippen molar-refractivity contribution in [2.24, 2.45) is 0 Å². The number of rotatable bonds is 5. The van der Waals surface area contributed by atoms with Crippen LogP contribution in [0.2, 0.25) is 0 Å². The molecule has 0 saturated carbocycles. The van der Waals surface area contributed by atoms with Gasteiger partial charge in [0.25, 0.3) is 0 Å². The second kappa shape index (κ2) is 6.40. The molecule has 1 aliphatic rings. The first-order valence-corrected chi connectivity index (χ1v) is 7.70. The molecule has 0 spiro atoms. The van der Waals surface area contributed by atoms with Crippen LogP contribution in [-0.2, 0) is 9.53 Å². The van der Waals surface area contributed by atoms with Gasteiger partial charge in [0.1, 0.15) is 5.60 Å². The van der Waals surface area contributed by atoms with Crippen molar-refractivity contribution in [1.82, 2.24) is 4.90 Å². The van der Waals surface area contributed by atoms with Gasteiger partial charge >= 0.3 is 0 Å². The molecule has 0 amide bonds. The van der Waals surface area contributed by atoms with E-state index >= 15 is 0 Å². The van der Waals surface area contributed by atoms with Crippen LogP contribution in [0, 0.1) is 0 Å². The zero-order valence-electron chi connectivity index (χ0n) is 12.4. The number of carbonyl (C=O) groups excluding carboxylic acids is 1. The topological polar surface area (TPSA) is 29.5 Å². The van der Waals surface area contributed by atoms with Crippen LogP contribution < -0.4 is 0 Å². The summed E-state index contributed by atoms with van der Waals surface area (Å²) in [4.78, 5) is 14.4. The van der Waals surface area contributed by atoms with E-state index in [1.165, 1.54) is 6.42 Å². The third kappa shape index (κ3) is 4.90. The Hall–Kier alpha value is -0.0600. The molecule has 1 aliphatic heterocycles. The van der Waals surface area contributed by atoms with Crippen molar-refractivity contribution in [1.29, 1.82) is 0 Å². The Morgan fingerprint density at radius 3 is 2.67 bits per heavy atom. The Morgan fingerprint density at radius 2 is 2.06 bits per heavy atom. The third-order valence-electron chi connectivity index (χ3n) is 3.77. The number of nitrogens with zero attached hydrogens (tertiary/aromatic N) is 1. The fraction of sp³-hybridized carbons (Fsp3) is 0.929. The summed E-state index contributed by atoms with van der Waals surface area (Å²) < 4.78 is 5.60. The molecule has 0 bridgehead atoms. The molecule has 0 atom stereocenters. The molecule has 0 aliphatic carbocycles. The molecule has 0 aromatic rings. The number of hydrogen-bond acceptors (Lipinski definition) is 4. The first-order chi connectivity index (χ1) is 8.27. The van der Waals surface area contributed by atoms with Crippen LogP contribution in [0.3, 0.4) is 0 Å². The molecule has 1 rings (SSSR count). The third-order valence-corrected chi connectivity index (χ3v) is 5.14. The molecule has 0 aromatic heterocycles. The molecule has 106 valence electrons. The van der Waals surface area contributed by atoms with Crippen LogP contribution in [0.1, 0.15) is 40.5 Å². The van der Waals surface area contributed by atoms with Gasteiger partial charge < -0.3 is 9.64 Å². The lowest BCUT2D eigenvalue weighted by atomic mass is 10.0. The number of carbonyl (C=O) groups is 1. The number of ketones is 1. The van der Waals surface area contributed by atoms with Crippen LogP contribution in [0.5, 0.6) is 0 Å². The zero-order chi connectivity index (χ0) is 13.8. The van der Waals surface area contributed by atoms with Gasteiger partial charge in [0, 0.05) is 37.1 Å². The summed E-state index contributed by atoms with van der Waals surface area (Å²) in [5.74, 6) is 1.36. The van der Waals surface area contributed by atoms with Crippen LogP contribution in [0.4, 0.5) is 0 Å². The average Bonchev–Trinajstić information content (AvgIpc) is 2.47. The summed E-state index contributed by atoms with van der Waals surface area (Å²) in [7, 11) is 1.60. The lowest BCUT2D eigenvalue weighted by Gasteiger charge is -2.25. The molecule has 0 N–H and O–H groups in total. The summed E-state index contributed by atoms with van der Waals surface area (Å²) in [6, 6.07) is 0. The fourth-order valence-electron chi connectivity index (χ4n) is 1.96. The van der Waals surface area contributed by atoms with Gasteiger partial charge in [-0.25, -0.2) is 0 Å². The fourth-order valence-corrected chi connectivity index (χ4v) is 3.10. The Labute approximate surface area is 116 Å². The molecule has 0 radical (unpaired) electrons. The lowest BCUT2D eigenvalue weighted by molar-refractivity contribution is -0.137. The summed E-state index contributed by atoms with van der Waals surface area (Å²) in [6.07, 6.45) is 1.78. The predicted octanol–water partition coefficient (Wildman–Crippen LogP) is 2.59. The molecule has 1 heterocycles. The average molecular weight is 273 g/mol. The van der Waals surface area contributed by atoms with Gasteiger partial charge in [0.15, 0.2) is 5.78 Å². The molecule has 4 heteroatoms. The minimum Gasteiger partial charge on any atom is -0.371 e. The summed E-state index contributed by atoms with van der Waals surface area (Å²) in [5, 5.41) is 0. The van der Waals surface area contributed by atoms with E-state index in [4.69, 9.17) is 4.74 Å². The van der Waals surface area contributed by atoms with Crippen molar-refractivity contribution < 1.29 is 9.53 Å². The highest BCUT2D eigenvalue weighted by atomic mass is 32.2. The summed E-state index contributed by atoms with van der Waals surface area (Å²) in [6.45, 7) is 11.4. The first-order valence-electron chi connectivity index (χ1n) is 6.72. The van der Waals surface area contributed by atoms with E-state index in [2.05, 4.69) is 18.7 Å². The SMILES string of the molecule is COC(C)(C)C(=O)CCN1CCSC(C)(C)CC1. The Morgan fingerprint density at radius 1 is 1.39 bits per heavy atom. The highest BCUT2D eigenvalue weighted by Crippen LogP contribution is 2.30. The van der Waals surface area contributed by atoms with Gasteiger partial charge in [0.05, 0.1) is 0 Å². The molecule has 0 aromatic carbocycles. The van der Waals surface area contributed by atoms with Crippen molar-refractivity contribution in [3.05, 3.63) is 0 Å². The zero-order valence-corrected chi connectivity index (χ0v) is 13.2. The molecule has 18 heavy (non-hydrogen) atoms. The van der Waals surface area contributed by atoms with Gasteiger partial charge in [-0.1, -0.05) is 13.8 Å². The maximum absolute atomic E-state index is 12.0. The summed E-state index contributed by atoms with van der Waals surface area (Å²) in [5.41, 5.74) is -0.639. The second-order valence-corrected chi connectivity index (χ2v) is 7.89. The predicted molar refractivity (Wildman–Crippen MR) is 78.3 cm³/mol. The highest BCUT2D eigenvalue weighted by molar-refractivity contribution is 8.00. The smallest absolute Gasteiger partial charge is 0.165 e. The number of hydrogen-bond donors (Lipinski definition) is 0. The number of Topliss-reactive ketones (excluding diaryl/α,β-unsaturated/α-hetero) is 1. The van der Waals surface area contributed by atoms with Gasteiger partial charge in [0.2, 0.25) is 0 Å². The molecule has 0 unspecified atom stereocenters. The first kappa shape index (κ1) is 16.0. The largest absolute Gasteiger partial charge is 0.371 e. The van der Waals surface area contributed by atoms with E-state index < -0.39 is 5.60 Å². The quantitative estimate of drug-likeness (QED) is 0.770. The second-order valence-electron chi connectivity index (χ2n) is 6.09. The van der Waals surface area contributed by atoms with Crippen molar-refractivity contribution in [3.63, 3.8) is 0 Å². The summed E-state index contributed by atoms with van der Waals surface area (Å²) >= 11 is 2.04. The van der Waals surface area contributed by atoms with Gasteiger partial charge in [-0.2, -0.15) is 11.8 Å². The van der Waals surface area contributed by atoms with Crippen LogP contribution in [0.25, 0.3) is 0 Å². The normalized spacial score (nSPS) is 21.6. The van der Waals surface area contributed by atoms with E-state index in [1.807, 2.05) is 25.6 Å². The van der Waals surface area contributed by atoms with Crippen molar-refractivity contribution in [2.75, 3.05) is 32.5 Å². The van der Waals surface area contributed by atoms with Crippen LogP contribution >= 0.6 is 11.8 Å².